The fourth-order valence-corrected chi connectivity index (χ4v) is 0.469. The molecule has 0 saturated carbocycles. The molecular weight excluding hydrogens is 145 g/mol. The average molecular weight is 148 g/mol. The maximum Gasteiger partial charge on any atom is 0.451 e. The van der Waals surface area contributed by atoms with Crippen molar-refractivity contribution in [2.24, 2.45) is 4.99 Å². The van der Waals surface area contributed by atoms with Gasteiger partial charge in [0, 0.05) is 0 Å². The minimum Gasteiger partial charge on any atom is -0.227 e. The van der Waals surface area contributed by atoms with Crippen LogP contribution in [0, 0.1) is 6.20 Å². The Morgan fingerprint density at radius 3 is 2.20 bits per heavy atom. The van der Waals surface area contributed by atoms with Crippen molar-refractivity contribution in [3.63, 3.8) is 0 Å². The van der Waals surface area contributed by atoms with Crippen LogP contribution in [-0.2, 0) is 0 Å². The Balaban J connectivity index is 2.73. The molecule has 0 N–H and O–H groups in total. The van der Waals surface area contributed by atoms with E-state index in [1.807, 2.05) is 0 Å². The van der Waals surface area contributed by atoms with E-state index in [4.69, 9.17) is 0 Å². The lowest BCUT2D eigenvalue weighted by atomic mass is 10.6. The van der Waals surface area contributed by atoms with Gasteiger partial charge in [0.15, 0.2) is 0 Å². The standard InChI is InChI=1S/C5H3F3N2/c1-3-2-9-4(10-3)5(6,7)8/h1H3. The second-order valence-electron chi connectivity index (χ2n) is 1.74. The maximum absolute atomic E-state index is 11.7. The smallest absolute Gasteiger partial charge is 0.227 e. The highest BCUT2D eigenvalue weighted by molar-refractivity contribution is 5.89. The van der Waals surface area contributed by atoms with Gasteiger partial charge in [0.1, 0.15) is 6.20 Å². The topological polar surface area (TPSA) is 26.5 Å². The fraction of sp³-hybridized carbons (Fsp3) is 0.400. The zero-order valence-electron chi connectivity index (χ0n) is 5.03. The summed E-state index contributed by atoms with van der Waals surface area (Å²) >= 11 is 0. The molecule has 0 aliphatic carbocycles. The molecule has 1 aliphatic heterocycles. The molecule has 0 aromatic carbocycles. The lowest BCUT2D eigenvalue weighted by Crippen LogP contribution is -2.27. The van der Waals surface area contributed by atoms with Gasteiger partial charge in [-0.1, -0.05) is 0 Å². The molecule has 0 fully saturated rings. The second kappa shape index (κ2) is 2.00. The molecule has 5 heteroatoms. The monoisotopic (exact) mass is 148 g/mol. The van der Waals surface area contributed by atoms with Gasteiger partial charge >= 0.3 is 6.18 Å². The van der Waals surface area contributed by atoms with Gasteiger partial charge in [-0.2, -0.15) is 13.2 Å². The van der Waals surface area contributed by atoms with Crippen LogP contribution in [-0.4, -0.2) is 12.0 Å². The van der Waals surface area contributed by atoms with E-state index in [2.05, 4.69) is 16.5 Å². The molecule has 0 spiro atoms. The van der Waals surface area contributed by atoms with Crippen LogP contribution >= 0.6 is 0 Å². The van der Waals surface area contributed by atoms with Crippen LogP contribution < -0.4 is 5.32 Å². The Hall–Kier alpha value is -1.00. The highest BCUT2D eigenvalue weighted by Gasteiger charge is 2.38. The molecule has 2 nitrogen and oxygen atoms in total. The van der Waals surface area contributed by atoms with Crippen LogP contribution in [0.4, 0.5) is 13.2 Å². The fourth-order valence-electron chi connectivity index (χ4n) is 0.469. The highest BCUT2D eigenvalue weighted by Crippen LogP contribution is 2.20. The molecule has 0 aromatic heterocycles. The summed E-state index contributed by atoms with van der Waals surface area (Å²) in [7, 11) is 0. The second-order valence-corrected chi connectivity index (χ2v) is 1.74. The number of halogens is 3. The zero-order valence-corrected chi connectivity index (χ0v) is 5.03. The molecule has 0 amide bonds. The molecule has 54 valence electrons. The number of hydrogen-bond donors (Lipinski definition) is 0. The first kappa shape index (κ1) is 7.11. The van der Waals surface area contributed by atoms with E-state index in [-0.39, 0.29) is 5.70 Å². The normalized spacial score (nSPS) is 18.0. The van der Waals surface area contributed by atoms with Crippen molar-refractivity contribution in [1.29, 1.82) is 0 Å². The van der Waals surface area contributed by atoms with E-state index in [9.17, 15) is 13.2 Å². The third kappa shape index (κ3) is 1.29. The molecule has 0 aromatic rings. The average Bonchev–Trinajstić information content (AvgIpc) is 2.11. The number of rotatable bonds is 0. The van der Waals surface area contributed by atoms with Gasteiger partial charge in [0.2, 0.25) is 5.84 Å². The molecule has 0 unspecified atom stereocenters. The number of aliphatic imine (C=N–C) groups is 1. The van der Waals surface area contributed by atoms with Crippen molar-refractivity contribution in [3.05, 3.63) is 11.9 Å². The first-order valence-corrected chi connectivity index (χ1v) is 2.46. The summed E-state index contributed by atoms with van der Waals surface area (Å²) in [4.78, 5) is 3.09. The summed E-state index contributed by atoms with van der Waals surface area (Å²) in [5.41, 5.74) is 0.160. The quantitative estimate of drug-likeness (QED) is 0.494. The predicted molar refractivity (Wildman–Crippen MR) is 28.1 cm³/mol. The van der Waals surface area contributed by atoms with Crippen LogP contribution in [0.25, 0.3) is 0 Å². The molecule has 1 aliphatic rings. The summed E-state index contributed by atoms with van der Waals surface area (Å²) in [6.07, 6.45) is -2.35. The summed E-state index contributed by atoms with van der Waals surface area (Å²) in [6.45, 7) is 1.40. The van der Waals surface area contributed by atoms with Crippen molar-refractivity contribution in [3.8, 4) is 0 Å². The van der Waals surface area contributed by atoms with Gasteiger partial charge in [0.05, 0.1) is 5.70 Å². The third-order valence-corrected chi connectivity index (χ3v) is 0.851. The van der Waals surface area contributed by atoms with Gasteiger partial charge in [-0.05, 0) is 6.92 Å². The Bertz CT molecular complexity index is 201. The maximum atomic E-state index is 11.7. The van der Waals surface area contributed by atoms with E-state index in [0.29, 0.717) is 0 Å². The van der Waals surface area contributed by atoms with Crippen molar-refractivity contribution < 1.29 is 13.2 Å². The minimum absolute atomic E-state index is 0.160. The molecule has 0 atom stereocenters. The van der Waals surface area contributed by atoms with E-state index < -0.39 is 12.0 Å². The van der Waals surface area contributed by atoms with Crippen LogP contribution in [0.5, 0.6) is 0 Å². The van der Waals surface area contributed by atoms with Crippen molar-refractivity contribution >= 4 is 5.84 Å². The van der Waals surface area contributed by atoms with Gasteiger partial charge in [0.25, 0.3) is 0 Å². The predicted octanol–water partition coefficient (Wildman–Crippen LogP) is 1.23. The van der Waals surface area contributed by atoms with Gasteiger partial charge in [-0.15, -0.1) is 0 Å². The number of hydrogen-bond acceptors (Lipinski definition) is 1. The SMILES string of the molecule is CC1=[C][N]C(C(F)(F)F)=N1. The molecule has 2 radical (unpaired) electrons. The summed E-state index contributed by atoms with van der Waals surface area (Å²) in [5.74, 6) is -1.12. The van der Waals surface area contributed by atoms with Crippen molar-refractivity contribution in [1.82, 2.24) is 5.32 Å². The van der Waals surface area contributed by atoms with Gasteiger partial charge < -0.3 is 0 Å². The van der Waals surface area contributed by atoms with E-state index in [1.54, 1.807) is 0 Å². The van der Waals surface area contributed by atoms with E-state index >= 15 is 0 Å². The van der Waals surface area contributed by atoms with Gasteiger partial charge in [-0.3, -0.25) is 0 Å². The van der Waals surface area contributed by atoms with E-state index in [0.717, 1.165) is 0 Å². The highest BCUT2D eigenvalue weighted by atomic mass is 19.4. The van der Waals surface area contributed by atoms with Crippen LogP contribution in [0.15, 0.2) is 10.7 Å². The lowest BCUT2D eigenvalue weighted by Gasteiger charge is -2.01. The molecule has 0 saturated heterocycles. The molecule has 1 rings (SSSR count). The number of amidine groups is 1. The Morgan fingerprint density at radius 2 is 2.00 bits per heavy atom. The number of nitrogens with zero attached hydrogens (tertiary/aromatic N) is 2. The summed E-state index contributed by atoms with van der Waals surface area (Å²) in [6, 6.07) is 0. The Morgan fingerprint density at radius 1 is 1.40 bits per heavy atom. The number of alkyl halides is 3. The minimum atomic E-state index is -4.44. The lowest BCUT2D eigenvalue weighted by molar-refractivity contribution is -0.0611. The van der Waals surface area contributed by atoms with Crippen molar-refractivity contribution in [2.75, 3.05) is 0 Å². The van der Waals surface area contributed by atoms with Crippen LogP contribution in [0.1, 0.15) is 6.92 Å². The van der Waals surface area contributed by atoms with Crippen LogP contribution in [0.3, 0.4) is 0 Å². The number of allylic oxidation sites excluding steroid dienone is 1. The molecule has 1 heterocycles. The largest absolute Gasteiger partial charge is 0.451 e. The summed E-state index contributed by atoms with van der Waals surface area (Å²) < 4.78 is 35.0. The van der Waals surface area contributed by atoms with Gasteiger partial charge in [-0.25, -0.2) is 10.3 Å². The third-order valence-electron chi connectivity index (χ3n) is 0.851. The molecule has 10 heavy (non-hydrogen) atoms. The first-order valence-electron chi connectivity index (χ1n) is 2.46. The first-order chi connectivity index (χ1) is 4.50. The molecular formula is C5H3F3N2. The van der Waals surface area contributed by atoms with Crippen molar-refractivity contribution in [2.45, 2.75) is 13.1 Å². The van der Waals surface area contributed by atoms with Crippen LogP contribution in [0.2, 0.25) is 0 Å². The summed E-state index contributed by atoms with van der Waals surface area (Å²) in [5, 5.41) is 2.93. The zero-order chi connectivity index (χ0) is 7.78. The molecule has 0 bridgehead atoms. The Labute approximate surface area is 55.4 Å². The van der Waals surface area contributed by atoms with E-state index in [1.165, 1.54) is 6.92 Å². The Kier molecular flexibility index (Phi) is 1.42.